The van der Waals surface area contributed by atoms with E-state index < -0.39 is 5.82 Å². The molecule has 1 atom stereocenters. The molecule has 3 aromatic rings. The van der Waals surface area contributed by atoms with E-state index in [1.54, 1.807) is 27.9 Å². The Morgan fingerprint density at radius 2 is 2.22 bits per heavy atom. The number of aromatic nitrogens is 5. The Hall–Kier alpha value is -3.30. The molecule has 1 fully saturated rings. The zero-order chi connectivity index (χ0) is 18.6. The maximum absolute atomic E-state index is 13.7. The number of carbonyl (C=O) groups excluding carboxylic acids is 1. The Morgan fingerprint density at radius 3 is 3.07 bits per heavy atom. The summed E-state index contributed by atoms with van der Waals surface area (Å²) >= 11 is 0. The molecule has 2 amide bonds. The number of fused-ring (bicyclic) bond motifs is 1. The van der Waals surface area contributed by atoms with Crippen molar-refractivity contribution in [3.05, 3.63) is 48.4 Å². The minimum absolute atomic E-state index is 0.0360. The summed E-state index contributed by atoms with van der Waals surface area (Å²) in [6.07, 6.45) is 6.05. The van der Waals surface area contributed by atoms with Crippen molar-refractivity contribution >= 4 is 11.8 Å². The van der Waals surface area contributed by atoms with Crippen LogP contribution in [0, 0.1) is 5.82 Å². The number of nitrogens with one attached hydrogen (secondary N) is 1. The number of rotatable bonds is 4. The number of carbonyl (C=O) groups is 1. The van der Waals surface area contributed by atoms with Crippen molar-refractivity contribution in [2.45, 2.75) is 25.5 Å². The molecule has 3 aromatic heterocycles. The van der Waals surface area contributed by atoms with Gasteiger partial charge in [0.05, 0.1) is 13.1 Å². The summed E-state index contributed by atoms with van der Waals surface area (Å²) in [5.41, 5.74) is 0. The van der Waals surface area contributed by atoms with Crippen molar-refractivity contribution in [3.63, 3.8) is 0 Å². The second-order valence-corrected chi connectivity index (χ2v) is 6.17. The number of nitrogens with zero attached hydrogens (tertiary/aromatic N) is 6. The van der Waals surface area contributed by atoms with Gasteiger partial charge in [-0.05, 0) is 31.0 Å². The Balaban J connectivity index is 1.33. The van der Waals surface area contributed by atoms with Gasteiger partial charge in [-0.3, -0.25) is 0 Å². The van der Waals surface area contributed by atoms with Crippen LogP contribution in [0.5, 0.6) is 5.88 Å². The van der Waals surface area contributed by atoms with Crippen molar-refractivity contribution < 1.29 is 13.9 Å². The molecular weight excluding hydrogens is 353 g/mol. The number of pyridine rings is 1. The molecule has 140 valence electrons. The van der Waals surface area contributed by atoms with E-state index in [2.05, 4.69) is 25.4 Å². The van der Waals surface area contributed by atoms with Gasteiger partial charge in [0.2, 0.25) is 0 Å². The third-order valence-corrected chi connectivity index (χ3v) is 4.23. The first kappa shape index (κ1) is 17.1. The smallest absolute Gasteiger partial charge is 0.317 e. The fourth-order valence-electron chi connectivity index (χ4n) is 2.95. The van der Waals surface area contributed by atoms with Crippen LogP contribution in [-0.2, 0) is 6.54 Å². The lowest BCUT2D eigenvalue weighted by atomic mass is 10.1. The maximum Gasteiger partial charge on any atom is 0.317 e. The fraction of sp³-hybridized carbons (Fsp3) is 0.353. The van der Waals surface area contributed by atoms with E-state index in [-0.39, 0.29) is 24.6 Å². The number of ether oxygens (including phenoxy) is 1. The van der Waals surface area contributed by atoms with Gasteiger partial charge in [0.15, 0.2) is 11.6 Å². The van der Waals surface area contributed by atoms with Gasteiger partial charge >= 0.3 is 6.03 Å². The van der Waals surface area contributed by atoms with Gasteiger partial charge < -0.3 is 15.0 Å². The molecule has 1 unspecified atom stereocenters. The number of hydrogen-bond acceptors (Lipinski definition) is 6. The van der Waals surface area contributed by atoms with Gasteiger partial charge in [-0.15, -0.1) is 5.10 Å². The van der Waals surface area contributed by atoms with E-state index in [0.717, 1.165) is 12.8 Å². The van der Waals surface area contributed by atoms with E-state index in [9.17, 15) is 9.18 Å². The number of piperidine rings is 1. The molecule has 0 aromatic carbocycles. The third kappa shape index (κ3) is 3.94. The summed E-state index contributed by atoms with van der Waals surface area (Å²) in [5.74, 6) is 0.407. The monoisotopic (exact) mass is 371 g/mol. The minimum Gasteiger partial charge on any atom is -0.470 e. The van der Waals surface area contributed by atoms with Crippen LogP contribution in [-0.4, -0.2) is 54.7 Å². The normalized spacial score (nSPS) is 17.1. The predicted octanol–water partition coefficient (Wildman–Crippen LogP) is 1.41. The number of hydrogen-bond donors (Lipinski definition) is 1. The summed E-state index contributed by atoms with van der Waals surface area (Å²) in [6.45, 7) is 1.16. The van der Waals surface area contributed by atoms with Crippen LogP contribution in [0.15, 0.2) is 36.8 Å². The Labute approximate surface area is 154 Å². The highest BCUT2D eigenvalue weighted by molar-refractivity contribution is 5.74. The van der Waals surface area contributed by atoms with Gasteiger partial charge in [0, 0.05) is 25.1 Å². The van der Waals surface area contributed by atoms with E-state index in [0.29, 0.717) is 24.7 Å². The molecule has 4 heterocycles. The highest BCUT2D eigenvalue weighted by Gasteiger charge is 2.26. The third-order valence-electron chi connectivity index (χ3n) is 4.23. The van der Waals surface area contributed by atoms with Crippen LogP contribution >= 0.6 is 0 Å². The molecule has 1 saturated heterocycles. The van der Waals surface area contributed by atoms with Crippen molar-refractivity contribution in [2.75, 3.05) is 13.1 Å². The molecule has 27 heavy (non-hydrogen) atoms. The van der Waals surface area contributed by atoms with Crippen LogP contribution in [0.1, 0.15) is 18.7 Å². The van der Waals surface area contributed by atoms with Gasteiger partial charge in [-0.25, -0.2) is 23.7 Å². The second kappa shape index (κ2) is 7.52. The highest BCUT2D eigenvalue weighted by Crippen LogP contribution is 2.19. The Kier molecular flexibility index (Phi) is 4.77. The topological polar surface area (TPSA) is 97.5 Å². The standard InChI is InChI=1S/C17H18FN7O2/c18-13-5-1-6-19-15(13)27-12-4-2-8-24(11-12)17(26)21-10-14-22-16-20-7-3-9-25(16)23-14/h1,3,5-7,9,12H,2,4,8,10-11H2,(H,21,26). The van der Waals surface area contributed by atoms with Gasteiger partial charge in [-0.1, -0.05) is 0 Å². The van der Waals surface area contributed by atoms with E-state index >= 15 is 0 Å². The number of amides is 2. The second-order valence-electron chi connectivity index (χ2n) is 6.17. The molecule has 0 bridgehead atoms. The molecule has 0 aliphatic carbocycles. The fourth-order valence-corrected chi connectivity index (χ4v) is 2.95. The molecular formula is C17H18FN7O2. The summed E-state index contributed by atoms with van der Waals surface area (Å²) < 4.78 is 20.9. The summed E-state index contributed by atoms with van der Waals surface area (Å²) in [6, 6.07) is 4.32. The number of likely N-dealkylation sites (tertiary alicyclic amines) is 1. The van der Waals surface area contributed by atoms with Crippen LogP contribution in [0.2, 0.25) is 0 Å². The Morgan fingerprint density at radius 1 is 1.33 bits per heavy atom. The van der Waals surface area contributed by atoms with Crippen LogP contribution in [0.4, 0.5) is 9.18 Å². The summed E-state index contributed by atoms with van der Waals surface area (Å²) in [4.78, 5) is 26.3. The predicted molar refractivity (Wildman–Crippen MR) is 92.4 cm³/mol. The Bertz CT molecular complexity index is 915. The molecule has 10 heteroatoms. The largest absolute Gasteiger partial charge is 0.470 e. The molecule has 4 rings (SSSR count). The van der Waals surface area contributed by atoms with Crippen LogP contribution < -0.4 is 10.1 Å². The molecule has 1 N–H and O–H groups in total. The van der Waals surface area contributed by atoms with Crippen molar-refractivity contribution in [1.82, 2.24) is 34.8 Å². The molecule has 9 nitrogen and oxygen atoms in total. The maximum atomic E-state index is 13.7. The molecule has 0 saturated carbocycles. The van der Waals surface area contributed by atoms with Gasteiger partial charge in [-0.2, -0.15) is 4.98 Å². The first-order chi connectivity index (χ1) is 13.2. The molecule has 1 aliphatic heterocycles. The number of urea groups is 1. The molecule has 1 aliphatic rings. The average Bonchev–Trinajstić information content (AvgIpc) is 3.11. The van der Waals surface area contributed by atoms with Crippen LogP contribution in [0.25, 0.3) is 5.78 Å². The lowest BCUT2D eigenvalue weighted by Gasteiger charge is -2.32. The highest BCUT2D eigenvalue weighted by atomic mass is 19.1. The van der Waals surface area contributed by atoms with Crippen molar-refractivity contribution in [2.24, 2.45) is 0 Å². The number of halogens is 1. The quantitative estimate of drug-likeness (QED) is 0.745. The lowest BCUT2D eigenvalue weighted by molar-refractivity contribution is 0.0941. The lowest BCUT2D eigenvalue weighted by Crippen LogP contribution is -2.48. The summed E-state index contributed by atoms with van der Waals surface area (Å²) in [5, 5.41) is 7.05. The van der Waals surface area contributed by atoms with Crippen molar-refractivity contribution in [1.29, 1.82) is 0 Å². The molecule has 0 radical (unpaired) electrons. The zero-order valence-electron chi connectivity index (χ0n) is 14.5. The van der Waals surface area contributed by atoms with Gasteiger partial charge in [0.1, 0.15) is 6.10 Å². The molecule has 0 spiro atoms. The minimum atomic E-state index is -0.509. The van der Waals surface area contributed by atoms with Crippen LogP contribution in [0.3, 0.4) is 0 Å². The van der Waals surface area contributed by atoms with Crippen molar-refractivity contribution in [3.8, 4) is 5.88 Å². The van der Waals surface area contributed by atoms with E-state index in [1.807, 2.05) is 0 Å². The zero-order valence-corrected chi connectivity index (χ0v) is 14.5. The van der Waals surface area contributed by atoms with E-state index in [4.69, 9.17) is 4.74 Å². The first-order valence-electron chi connectivity index (χ1n) is 8.65. The van der Waals surface area contributed by atoms with E-state index in [1.165, 1.54) is 18.3 Å². The average molecular weight is 371 g/mol. The first-order valence-corrected chi connectivity index (χ1v) is 8.65. The van der Waals surface area contributed by atoms with Gasteiger partial charge in [0.25, 0.3) is 11.7 Å². The SMILES string of the molecule is O=C(NCc1nc2ncccn2n1)N1CCCC(Oc2ncccc2F)C1. The summed E-state index contributed by atoms with van der Waals surface area (Å²) in [7, 11) is 0.